The van der Waals surface area contributed by atoms with E-state index in [-0.39, 0.29) is 43.0 Å². The summed E-state index contributed by atoms with van der Waals surface area (Å²) in [6, 6.07) is 0. The van der Waals surface area contributed by atoms with Gasteiger partial charge < -0.3 is 34.3 Å². The van der Waals surface area contributed by atoms with Crippen molar-refractivity contribution in [3.8, 4) is 0 Å². The van der Waals surface area contributed by atoms with Crippen molar-refractivity contribution in [3.63, 3.8) is 0 Å². The highest BCUT2D eigenvalue weighted by molar-refractivity contribution is 5.70. The molecule has 0 bridgehead atoms. The molecule has 2 rings (SSSR count). The average molecular weight is 595 g/mol. The zero-order chi connectivity index (χ0) is 31.8. The van der Waals surface area contributed by atoms with E-state index in [1.807, 2.05) is 45.9 Å². The van der Waals surface area contributed by atoms with E-state index in [0.29, 0.717) is 6.42 Å². The fourth-order valence-corrected chi connectivity index (χ4v) is 5.36. The van der Waals surface area contributed by atoms with Gasteiger partial charge >= 0.3 is 17.9 Å². The summed E-state index contributed by atoms with van der Waals surface area (Å²) in [7, 11) is 0. The molecule has 0 aromatic rings. The molecule has 42 heavy (non-hydrogen) atoms. The highest BCUT2D eigenvalue weighted by atomic mass is 16.6. The van der Waals surface area contributed by atoms with Crippen molar-refractivity contribution in [2.24, 2.45) is 17.8 Å². The lowest BCUT2D eigenvalue weighted by molar-refractivity contribution is -0.187. The molecule has 10 nitrogen and oxygen atoms in total. The average Bonchev–Trinajstić information content (AvgIpc) is 3.65. The minimum atomic E-state index is -1.90. The number of esters is 3. The molecule has 0 saturated carbocycles. The van der Waals surface area contributed by atoms with E-state index in [4.69, 9.17) is 18.9 Å². The number of cyclic esters (lactones) is 1. The van der Waals surface area contributed by atoms with Gasteiger partial charge in [-0.25, -0.2) is 0 Å². The van der Waals surface area contributed by atoms with Gasteiger partial charge in [0.25, 0.3) is 0 Å². The number of allylic oxidation sites excluding steroid dienone is 3. The van der Waals surface area contributed by atoms with Crippen molar-refractivity contribution in [1.82, 2.24) is 0 Å². The molecule has 238 valence electrons. The smallest absolute Gasteiger partial charge is 0.309 e. The molecule has 2 heterocycles. The standard InChI is InChI=1S/C32H50O10/c1-9-25(36)21(5)31-26(41-31)15-18(2)11-10-12-19(3)30-20(4)13-14-27(39-22(6)33)32(8,38)28(40-23(7)34)16-24(35)17-29(37)42-30/h10-14,18,20-21,24-28,30-31,35-36,38H,9,15-17H2,1-8H3/b11-10+,14-13-,19-12+. The first kappa shape index (κ1) is 35.7. The Hall–Kier alpha value is -2.53. The van der Waals surface area contributed by atoms with Crippen LogP contribution in [-0.2, 0) is 33.3 Å². The summed E-state index contributed by atoms with van der Waals surface area (Å²) in [6.45, 7) is 13.4. The van der Waals surface area contributed by atoms with Gasteiger partial charge in [0.05, 0.1) is 30.8 Å². The van der Waals surface area contributed by atoms with Crippen LogP contribution < -0.4 is 0 Å². The monoisotopic (exact) mass is 594 g/mol. The maximum absolute atomic E-state index is 12.8. The van der Waals surface area contributed by atoms with Crippen molar-refractivity contribution in [3.05, 3.63) is 36.0 Å². The Morgan fingerprint density at radius 3 is 2.40 bits per heavy atom. The van der Waals surface area contributed by atoms with Gasteiger partial charge in [-0.05, 0) is 44.3 Å². The van der Waals surface area contributed by atoms with Gasteiger partial charge in [-0.3, -0.25) is 14.4 Å². The van der Waals surface area contributed by atoms with Crippen LogP contribution in [0.1, 0.15) is 81.1 Å². The number of rotatable bonds is 10. The Morgan fingerprint density at radius 1 is 1.17 bits per heavy atom. The Morgan fingerprint density at radius 2 is 1.81 bits per heavy atom. The third-order valence-electron chi connectivity index (χ3n) is 8.06. The van der Waals surface area contributed by atoms with Gasteiger partial charge in [-0.1, -0.05) is 52.0 Å². The highest BCUT2D eigenvalue weighted by Crippen LogP contribution is 2.36. The minimum absolute atomic E-state index is 0.0765. The molecule has 11 atom stereocenters. The fourth-order valence-electron chi connectivity index (χ4n) is 5.36. The van der Waals surface area contributed by atoms with Crippen LogP contribution in [-0.4, -0.2) is 81.6 Å². The van der Waals surface area contributed by atoms with E-state index in [1.54, 1.807) is 6.08 Å². The maximum Gasteiger partial charge on any atom is 0.309 e. The fraction of sp³-hybridized carbons (Fsp3) is 0.719. The van der Waals surface area contributed by atoms with E-state index in [9.17, 15) is 29.7 Å². The van der Waals surface area contributed by atoms with Crippen LogP contribution in [0.25, 0.3) is 0 Å². The van der Waals surface area contributed by atoms with Crippen LogP contribution in [0.5, 0.6) is 0 Å². The molecule has 0 aliphatic carbocycles. The van der Waals surface area contributed by atoms with Crippen molar-refractivity contribution in [2.75, 3.05) is 0 Å². The largest absolute Gasteiger partial charge is 0.459 e. The number of aliphatic hydroxyl groups excluding tert-OH is 2. The van der Waals surface area contributed by atoms with E-state index < -0.39 is 53.8 Å². The summed E-state index contributed by atoms with van der Waals surface area (Å²) >= 11 is 0. The quantitative estimate of drug-likeness (QED) is 0.113. The van der Waals surface area contributed by atoms with Crippen molar-refractivity contribution >= 4 is 17.9 Å². The Labute approximate surface area is 249 Å². The molecule has 0 aromatic heterocycles. The lowest BCUT2D eigenvalue weighted by atomic mass is 9.86. The Balaban J connectivity index is 2.23. The third-order valence-corrected chi connectivity index (χ3v) is 8.06. The van der Waals surface area contributed by atoms with Crippen molar-refractivity contribution < 1.29 is 48.7 Å². The van der Waals surface area contributed by atoms with E-state index in [1.165, 1.54) is 19.9 Å². The Kier molecular flexibility index (Phi) is 13.4. The summed E-state index contributed by atoms with van der Waals surface area (Å²) in [5.41, 5.74) is -1.14. The first-order valence-corrected chi connectivity index (χ1v) is 14.9. The molecule has 10 heteroatoms. The predicted molar refractivity (Wildman–Crippen MR) is 156 cm³/mol. The molecule has 0 amide bonds. The second kappa shape index (κ2) is 15.8. The molecule has 1 saturated heterocycles. The first-order valence-electron chi connectivity index (χ1n) is 14.9. The summed E-state index contributed by atoms with van der Waals surface area (Å²) in [6.07, 6.45) is 5.26. The normalized spacial score (nSPS) is 35.6. The molecule has 1 fully saturated rings. The molecule has 0 radical (unpaired) electrons. The predicted octanol–water partition coefficient (Wildman–Crippen LogP) is 3.56. The minimum Gasteiger partial charge on any atom is -0.459 e. The summed E-state index contributed by atoms with van der Waals surface area (Å²) < 4.78 is 22.2. The molecule has 2 aliphatic rings. The van der Waals surface area contributed by atoms with Crippen LogP contribution in [0, 0.1) is 17.8 Å². The van der Waals surface area contributed by atoms with Crippen LogP contribution >= 0.6 is 0 Å². The third kappa shape index (κ3) is 10.6. The molecular formula is C32H50O10. The highest BCUT2D eigenvalue weighted by Gasteiger charge is 2.46. The van der Waals surface area contributed by atoms with Gasteiger partial charge in [-0.2, -0.15) is 0 Å². The number of ether oxygens (including phenoxy) is 4. The number of aliphatic hydroxyl groups is 3. The zero-order valence-electron chi connectivity index (χ0n) is 26.2. The number of carbonyl (C=O) groups is 3. The maximum atomic E-state index is 12.8. The van der Waals surface area contributed by atoms with E-state index in [0.717, 1.165) is 18.9 Å². The van der Waals surface area contributed by atoms with Gasteiger partial charge in [0, 0.05) is 32.1 Å². The number of carbonyl (C=O) groups excluding carboxylic acids is 3. The van der Waals surface area contributed by atoms with Crippen molar-refractivity contribution in [2.45, 2.75) is 129 Å². The first-order chi connectivity index (χ1) is 19.6. The van der Waals surface area contributed by atoms with E-state index in [2.05, 4.69) is 6.92 Å². The van der Waals surface area contributed by atoms with Crippen molar-refractivity contribution in [1.29, 1.82) is 0 Å². The zero-order valence-corrected chi connectivity index (χ0v) is 26.2. The molecule has 3 N–H and O–H groups in total. The molecule has 0 aromatic carbocycles. The molecule has 2 aliphatic heterocycles. The van der Waals surface area contributed by atoms with Gasteiger partial charge in [0.2, 0.25) is 0 Å². The van der Waals surface area contributed by atoms with Gasteiger partial charge in [0.1, 0.15) is 17.8 Å². The number of epoxide rings is 1. The SMILES string of the molecule is CCC(O)C(C)C1OC1CC(C)/C=C/C=C(\C)C1OC(=O)CC(O)CC(OC(C)=O)C(C)(O)C(OC(C)=O)/C=C\C1C. The summed E-state index contributed by atoms with van der Waals surface area (Å²) in [5, 5.41) is 32.1. The summed E-state index contributed by atoms with van der Waals surface area (Å²) in [5.74, 6) is -2.07. The van der Waals surface area contributed by atoms with Crippen LogP contribution in [0.3, 0.4) is 0 Å². The van der Waals surface area contributed by atoms with Crippen LogP contribution in [0.4, 0.5) is 0 Å². The Bertz CT molecular complexity index is 1010. The molecular weight excluding hydrogens is 544 g/mol. The molecule has 0 spiro atoms. The van der Waals surface area contributed by atoms with E-state index >= 15 is 0 Å². The van der Waals surface area contributed by atoms with Crippen LogP contribution in [0.2, 0.25) is 0 Å². The summed E-state index contributed by atoms with van der Waals surface area (Å²) in [4.78, 5) is 36.4. The second-order valence-electron chi connectivity index (χ2n) is 12.1. The van der Waals surface area contributed by atoms with Gasteiger partial charge in [-0.15, -0.1) is 0 Å². The second-order valence-corrected chi connectivity index (χ2v) is 12.1. The van der Waals surface area contributed by atoms with Gasteiger partial charge in [0.15, 0.2) is 6.10 Å². The number of hydrogen-bond acceptors (Lipinski definition) is 10. The lowest BCUT2D eigenvalue weighted by Gasteiger charge is -2.38. The lowest BCUT2D eigenvalue weighted by Crippen LogP contribution is -2.53. The topological polar surface area (TPSA) is 152 Å². The molecule has 11 unspecified atom stereocenters. The number of hydrogen-bond donors (Lipinski definition) is 3. The van der Waals surface area contributed by atoms with Crippen LogP contribution in [0.15, 0.2) is 36.0 Å².